The maximum Gasteiger partial charge on any atom is 0.165 e. The molecule has 1 aromatic rings. The van der Waals surface area contributed by atoms with Gasteiger partial charge in [-0.3, -0.25) is 0 Å². The number of anilines is 1. The number of nitrogens with one attached hydrogen (secondary N) is 1. The molecule has 0 saturated heterocycles. The van der Waals surface area contributed by atoms with Crippen molar-refractivity contribution in [1.29, 1.82) is 0 Å². The van der Waals surface area contributed by atoms with Crippen LogP contribution in [0.15, 0.2) is 18.2 Å². The van der Waals surface area contributed by atoms with Crippen molar-refractivity contribution >= 4 is 5.69 Å². The first-order chi connectivity index (χ1) is 6.42. The van der Waals surface area contributed by atoms with E-state index in [2.05, 4.69) is 5.32 Å². The van der Waals surface area contributed by atoms with Crippen molar-refractivity contribution < 1.29 is 9.13 Å². The summed E-state index contributed by atoms with van der Waals surface area (Å²) < 4.78 is 17.9. The van der Waals surface area contributed by atoms with Crippen LogP contribution in [0.4, 0.5) is 10.1 Å². The number of benzene rings is 1. The average Bonchev–Trinajstić information content (AvgIpc) is 2.06. The Labute approximate surface area is 84.1 Å². The Kier molecular flexibility index (Phi) is 2.99. The van der Waals surface area contributed by atoms with Gasteiger partial charge in [0.1, 0.15) is 0 Å². The van der Waals surface area contributed by atoms with Crippen LogP contribution in [0.5, 0.6) is 5.75 Å². The molecule has 1 N–H and O–H groups in total. The zero-order valence-corrected chi connectivity index (χ0v) is 9.02. The lowest BCUT2D eigenvalue weighted by molar-refractivity contribution is 0.386. The monoisotopic (exact) mass is 197 g/mol. The molecule has 0 aliphatic rings. The number of methoxy groups -OCH3 is 1. The molecular formula is C11H16FNO. The van der Waals surface area contributed by atoms with Crippen molar-refractivity contribution in [3.8, 4) is 5.75 Å². The summed E-state index contributed by atoms with van der Waals surface area (Å²) in [4.78, 5) is 0. The highest BCUT2D eigenvalue weighted by atomic mass is 19.1. The van der Waals surface area contributed by atoms with E-state index in [0.717, 1.165) is 5.69 Å². The molecule has 0 amide bonds. The molecule has 0 saturated carbocycles. The molecule has 3 heteroatoms. The normalized spacial score (nSPS) is 11.2. The second-order valence-electron chi connectivity index (χ2n) is 4.22. The predicted octanol–water partition coefficient (Wildman–Crippen LogP) is 3.04. The molecule has 0 spiro atoms. The van der Waals surface area contributed by atoms with Gasteiger partial charge in [0.15, 0.2) is 11.6 Å². The summed E-state index contributed by atoms with van der Waals surface area (Å²) in [7, 11) is 1.46. The Hall–Kier alpha value is -1.25. The van der Waals surface area contributed by atoms with E-state index in [0.29, 0.717) is 0 Å². The summed E-state index contributed by atoms with van der Waals surface area (Å²) >= 11 is 0. The van der Waals surface area contributed by atoms with E-state index in [-0.39, 0.29) is 17.1 Å². The lowest BCUT2D eigenvalue weighted by Gasteiger charge is -2.22. The molecule has 0 radical (unpaired) electrons. The molecule has 0 aromatic heterocycles. The van der Waals surface area contributed by atoms with Crippen molar-refractivity contribution in [2.45, 2.75) is 26.3 Å². The molecule has 0 bridgehead atoms. The van der Waals surface area contributed by atoms with Crippen LogP contribution in [-0.2, 0) is 0 Å². The molecule has 0 heterocycles. The fourth-order valence-corrected chi connectivity index (χ4v) is 1.17. The molecule has 1 aromatic carbocycles. The van der Waals surface area contributed by atoms with Gasteiger partial charge in [0.2, 0.25) is 0 Å². The fourth-order valence-electron chi connectivity index (χ4n) is 1.17. The van der Waals surface area contributed by atoms with E-state index >= 15 is 0 Å². The maximum absolute atomic E-state index is 13.1. The van der Waals surface area contributed by atoms with Crippen molar-refractivity contribution in [3.63, 3.8) is 0 Å². The molecule has 0 aliphatic carbocycles. The molecule has 2 nitrogen and oxygen atoms in total. The number of rotatable bonds is 2. The van der Waals surface area contributed by atoms with Crippen molar-refractivity contribution in [2.75, 3.05) is 12.4 Å². The van der Waals surface area contributed by atoms with E-state index in [9.17, 15) is 4.39 Å². The van der Waals surface area contributed by atoms with Crippen LogP contribution in [0.25, 0.3) is 0 Å². The summed E-state index contributed by atoms with van der Waals surface area (Å²) in [6.07, 6.45) is 0. The van der Waals surface area contributed by atoms with E-state index in [4.69, 9.17) is 4.74 Å². The Morgan fingerprint density at radius 2 is 1.93 bits per heavy atom. The minimum Gasteiger partial charge on any atom is -0.494 e. The minimum atomic E-state index is -0.341. The standard InChI is InChI=1S/C11H16FNO/c1-11(2,3)13-8-5-6-9(12)10(7-8)14-4/h5-7,13H,1-4H3. The highest BCUT2D eigenvalue weighted by Crippen LogP contribution is 2.23. The number of halogens is 1. The van der Waals surface area contributed by atoms with Crippen LogP contribution >= 0.6 is 0 Å². The highest BCUT2D eigenvalue weighted by molar-refractivity contribution is 5.50. The third-order valence-corrected chi connectivity index (χ3v) is 1.67. The smallest absolute Gasteiger partial charge is 0.165 e. The Balaban J connectivity index is 2.90. The second-order valence-corrected chi connectivity index (χ2v) is 4.22. The third-order valence-electron chi connectivity index (χ3n) is 1.67. The van der Waals surface area contributed by atoms with Crippen LogP contribution in [0.2, 0.25) is 0 Å². The SMILES string of the molecule is COc1cc(NC(C)(C)C)ccc1F. The van der Waals surface area contributed by atoms with E-state index in [1.54, 1.807) is 12.1 Å². The zero-order chi connectivity index (χ0) is 10.8. The molecule has 0 unspecified atom stereocenters. The van der Waals surface area contributed by atoms with Gasteiger partial charge in [-0.25, -0.2) is 4.39 Å². The molecular weight excluding hydrogens is 181 g/mol. The highest BCUT2D eigenvalue weighted by Gasteiger charge is 2.10. The summed E-state index contributed by atoms with van der Waals surface area (Å²) in [5.74, 6) is -0.0776. The van der Waals surface area contributed by atoms with Gasteiger partial charge in [-0.05, 0) is 32.9 Å². The quantitative estimate of drug-likeness (QED) is 0.786. The molecule has 14 heavy (non-hydrogen) atoms. The van der Waals surface area contributed by atoms with Gasteiger partial charge in [0.25, 0.3) is 0 Å². The first-order valence-electron chi connectivity index (χ1n) is 4.54. The van der Waals surface area contributed by atoms with Crippen molar-refractivity contribution in [3.05, 3.63) is 24.0 Å². The Morgan fingerprint density at radius 3 is 2.43 bits per heavy atom. The van der Waals surface area contributed by atoms with Crippen molar-refractivity contribution in [2.24, 2.45) is 0 Å². The van der Waals surface area contributed by atoms with Crippen LogP contribution in [0.3, 0.4) is 0 Å². The second kappa shape index (κ2) is 3.86. The minimum absolute atomic E-state index is 0.0388. The van der Waals surface area contributed by atoms with Gasteiger partial charge in [-0.15, -0.1) is 0 Å². The molecule has 0 atom stereocenters. The van der Waals surface area contributed by atoms with Gasteiger partial charge in [0.05, 0.1) is 7.11 Å². The predicted molar refractivity (Wildman–Crippen MR) is 56.3 cm³/mol. The van der Waals surface area contributed by atoms with Crippen LogP contribution < -0.4 is 10.1 Å². The molecule has 1 rings (SSSR count). The summed E-state index contributed by atoms with van der Waals surface area (Å²) in [6.45, 7) is 6.13. The topological polar surface area (TPSA) is 21.3 Å². The van der Waals surface area contributed by atoms with Gasteiger partial charge in [-0.1, -0.05) is 0 Å². The first-order valence-corrected chi connectivity index (χ1v) is 4.54. The van der Waals surface area contributed by atoms with Gasteiger partial charge < -0.3 is 10.1 Å². The van der Waals surface area contributed by atoms with Crippen LogP contribution in [-0.4, -0.2) is 12.6 Å². The fraction of sp³-hybridized carbons (Fsp3) is 0.455. The van der Waals surface area contributed by atoms with Gasteiger partial charge in [-0.2, -0.15) is 0 Å². The average molecular weight is 197 g/mol. The van der Waals surface area contributed by atoms with Gasteiger partial charge in [0, 0.05) is 17.3 Å². The summed E-state index contributed by atoms with van der Waals surface area (Å²) in [5, 5.41) is 3.24. The third kappa shape index (κ3) is 2.91. The number of hydrogen-bond acceptors (Lipinski definition) is 2. The lowest BCUT2D eigenvalue weighted by atomic mass is 10.1. The van der Waals surface area contributed by atoms with E-state index in [1.807, 2.05) is 20.8 Å². The molecule has 78 valence electrons. The zero-order valence-electron chi connectivity index (χ0n) is 9.02. The maximum atomic E-state index is 13.1. The Morgan fingerprint density at radius 1 is 1.29 bits per heavy atom. The lowest BCUT2D eigenvalue weighted by Crippen LogP contribution is -2.25. The molecule has 0 aliphatic heterocycles. The number of hydrogen-bond donors (Lipinski definition) is 1. The van der Waals surface area contributed by atoms with Crippen LogP contribution in [0, 0.1) is 5.82 Å². The van der Waals surface area contributed by atoms with E-state index in [1.165, 1.54) is 13.2 Å². The summed E-state index contributed by atoms with van der Waals surface area (Å²) in [5.41, 5.74) is 0.818. The first kappa shape index (κ1) is 10.8. The van der Waals surface area contributed by atoms with Gasteiger partial charge >= 0.3 is 0 Å². The molecule has 0 fully saturated rings. The Bertz CT molecular complexity index is 318. The summed E-state index contributed by atoms with van der Waals surface area (Å²) in [6, 6.07) is 4.75. The number of ether oxygens (including phenoxy) is 1. The van der Waals surface area contributed by atoms with E-state index < -0.39 is 0 Å². The largest absolute Gasteiger partial charge is 0.494 e. The van der Waals surface area contributed by atoms with Crippen molar-refractivity contribution in [1.82, 2.24) is 0 Å². The van der Waals surface area contributed by atoms with Crippen LogP contribution in [0.1, 0.15) is 20.8 Å².